The van der Waals surface area contributed by atoms with Crippen molar-refractivity contribution in [3.8, 4) is 17.6 Å². The quantitative estimate of drug-likeness (QED) is 0.776. The minimum Gasteiger partial charge on any atom is -0.456 e. The van der Waals surface area contributed by atoms with Crippen molar-refractivity contribution in [1.82, 2.24) is 10.2 Å². The number of nitriles is 1. The lowest BCUT2D eigenvalue weighted by atomic mass is 10.1. The molecular formula is C21H19N3O2. The third-order valence-corrected chi connectivity index (χ3v) is 4.16. The van der Waals surface area contributed by atoms with Crippen molar-refractivity contribution < 1.29 is 4.74 Å². The number of hydrogen-bond acceptors (Lipinski definition) is 4. The van der Waals surface area contributed by atoms with E-state index in [4.69, 9.17) is 4.74 Å². The van der Waals surface area contributed by atoms with Gasteiger partial charge in [-0.05, 0) is 61.7 Å². The minimum atomic E-state index is -0.176. The molecule has 26 heavy (non-hydrogen) atoms. The van der Waals surface area contributed by atoms with Gasteiger partial charge in [0.05, 0.1) is 11.3 Å². The van der Waals surface area contributed by atoms with Crippen molar-refractivity contribution in [2.75, 3.05) is 0 Å². The molecule has 0 bridgehead atoms. The fraction of sp³-hybridized carbons (Fsp3) is 0.190. The van der Waals surface area contributed by atoms with Crippen molar-refractivity contribution in [2.45, 2.75) is 27.2 Å². The summed E-state index contributed by atoms with van der Waals surface area (Å²) < 4.78 is 6.03. The predicted octanol–water partition coefficient (Wildman–Crippen LogP) is 3.95. The third kappa shape index (κ3) is 3.81. The minimum absolute atomic E-state index is 0.176. The van der Waals surface area contributed by atoms with Crippen LogP contribution in [0, 0.1) is 32.1 Å². The molecule has 0 amide bonds. The molecule has 1 aromatic heterocycles. The van der Waals surface area contributed by atoms with E-state index in [2.05, 4.69) is 16.3 Å². The van der Waals surface area contributed by atoms with Gasteiger partial charge in [0.1, 0.15) is 17.6 Å². The molecule has 0 aliphatic rings. The van der Waals surface area contributed by atoms with Crippen molar-refractivity contribution in [3.63, 3.8) is 0 Å². The zero-order valence-electron chi connectivity index (χ0n) is 15.0. The summed E-state index contributed by atoms with van der Waals surface area (Å²) in [7, 11) is 0. The number of hydrogen-bond donors (Lipinski definition) is 1. The Morgan fingerprint density at radius 2 is 1.85 bits per heavy atom. The molecule has 3 rings (SSSR count). The van der Waals surface area contributed by atoms with Gasteiger partial charge in [0.2, 0.25) is 0 Å². The second-order valence-electron chi connectivity index (χ2n) is 6.36. The zero-order chi connectivity index (χ0) is 18.7. The van der Waals surface area contributed by atoms with E-state index >= 15 is 0 Å². The van der Waals surface area contributed by atoms with E-state index in [-0.39, 0.29) is 5.56 Å². The molecule has 2 aromatic carbocycles. The topological polar surface area (TPSA) is 78.8 Å². The normalized spacial score (nSPS) is 10.4. The van der Waals surface area contributed by atoms with E-state index in [1.165, 1.54) is 0 Å². The van der Waals surface area contributed by atoms with Crippen molar-refractivity contribution in [1.29, 1.82) is 5.26 Å². The highest BCUT2D eigenvalue weighted by molar-refractivity contribution is 5.49. The average molecular weight is 345 g/mol. The number of rotatable bonds is 4. The Bertz CT molecular complexity index is 1060. The van der Waals surface area contributed by atoms with Crippen LogP contribution in [0.25, 0.3) is 0 Å². The Kier molecular flexibility index (Phi) is 4.85. The van der Waals surface area contributed by atoms with Gasteiger partial charge in [-0.3, -0.25) is 4.79 Å². The number of benzene rings is 2. The highest BCUT2D eigenvalue weighted by Crippen LogP contribution is 2.29. The molecule has 5 heteroatoms. The first-order chi connectivity index (χ1) is 12.5. The molecule has 1 N–H and O–H groups in total. The van der Waals surface area contributed by atoms with E-state index in [0.29, 0.717) is 29.0 Å². The van der Waals surface area contributed by atoms with Crippen LogP contribution >= 0.6 is 0 Å². The van der Waals surface area contributed by atoms with Crippen LogP contribution in [0.15, 0.2) is 47.3 Å². The van der Waals surface area contributed by atoms with Gasteiger partial charge in [0.15, 0.2) is 0 Å². The second-order valence-corrected chi connectivity index (χ2v) is 6.36. The molecule has 0 saturated heterocycles. The van der Waals surface area contributed by atoms with Crippen LogP contribution < -0.4 is 10.3 Å². The van der Waals surface area contributed by atoms with E-state index in [1.807, 2.05) is 44.2 Å². The number of aryl methyl sites for hydroxylation is 3. The molecule has 1 heterocycles. The Hall–Kier alpha value is -3.39. The molecule has 0 aliphatic heterocycles. The molecule has 130 valence electrons. The predicted molar refractivity (Wildman–Crippen MR) is 99.5 cm³/mol. The highest BCUT2D eigenvalue weighted by atomic mass is 16.5. The molecule has 0 spiro atoms. The number of nitrogens with zero attached hydrogens (tertiary/aromatic N) is 2. The lowest BCUT2D eigenvalue weighted by Gasteiger charge is -2.12. The van der Waals surface area contributed by atoms with Gasteiger partial charge in [-0.25, -0.2) is 5.10 Å². The van der Waals surface area contributed by atoms with Crippen molar-refractivity contribution in [2.24, 2.45) is 0 Å². The summed E-state index contributed by atoms with van der Waals surface area (Å²) in [6.45, 7) is 5.68. The fourth-order valence-corrected chi connectivity index (χ4v) is 2.65. The molecule has 0 saturated carbocycles. The third-order valence-electron chi connectivity index (χ3n) is 4.16. The first kappa shape index (κ1) is 17.4. The molecule has 0 atom stereocenters. The van der Waals surface area contributed by atoms with Gasteiger partial charge in [-0.2, -0.15) is 10.4 Å². The molecule has 0 aliphatic carbocycles. The Morgan fingerprint density at radius 1 is 1.04 bits per heavy atom. The second kappa shape index (κ2) is 7.24. The van der Waals surface area contributed by atoms with Gasteiger partial charge < -0.3 is 4.74 Å². The van der Waals surface area contributed by atoms with Crippen LogP contribution in [0.2, 0.25) is 0 Å². The summed E-state index contributed by atoms with van der Waals surface area (Å²) in [5.41, 5.74) is 4.76. The lowest BCUT2D eigenvalue weighted by molar-refractivity contribution is 0.476. The molecular weight excluding hydrogens is 326 g/mol. The molecule has 0 unspecified atom stereocenters. The molecule has 0 fully saturated rings. The fourth-order valence-electron chi connectivity index (χ4n) is 2.65. The number of ether oxygens (including phenoxy) is 1. The van der Waals surface area contributed by atoms with Crippen molar-refractivity contribution >= 4 is 0 Å². The number of aromatic nitrogens is 2. The van der Waals surface area contributed by atoms with E-state index < -0.39 is 0 Å². The number of H-pyrrole nitrogens is 1. The standard InChI is InChI=1S/C21H19N3O2/c1-13-4-7-17(12-22)20(8-13)26-19-11-16(6-5-14(19)2)10-18-9-15(3)21(25)24-23-18/h4-9,11H,10H2,1-3H3,(H,24,25). The monoisotopic (exact) mass is 345 g/mol. The first-order valence-corrected chi connectivity index (χ1v) is 8.29. The van der Waals surface area contributed by atoms with Gasteiger partial charge in [0.25, 0.3) is 5.56 Å². The van der Waals surface area contributed by atoms with E-state index in [9.17, 15) is 10.1 Å². The molecule has 5 nitrogen and oxygen atoms in total. The van der Waals surface area contributed by atoms with Gasteiger partial charge in [-0.1, -0.05) is 18.2 Å². The van der Waals surface area contributed by atoms with Crippen molar-refractivity contribution in [3.05, 3.63) is 86.3 Å². The summed E-state index contributed by atoms with van der Waals surface area (Å²) in [4.78, 5) is 11.4. The maximum Gasteiger partial charge on any atom is 0.267 e. The summed E-state index contributed by atoms with van der Waals surface area (Å²) >= 11 is 0. The van der Waals surface area contributed by atoms with Crippen LogP contribution in [0.1, 0.15) is 33.5 Å². The van der Waals surface area contributed by atoms with E-state index in [1.54, 1.807) is 19.1 Å². The Balaban J connectivity index is 1.91. The summed E-state index contributed by atoms with van der Waals surface area (Å²) in [6, 6.07) is 15.4. The maximum atomic E-state index is 11.4. The van der Waals surface area contributed by atoms with Crippen LogP contribution in [-0.2, 0) is 6.42 Å². The average Bonchev–Trinajstić information content (AvgIpc) is 2.61. The number of aromatic amines is 1. The summed E-state index contributed by atoms with van der Waals surface area (Å²) in [6.07, 6.45) is 0.577. The van der Waals surface area contributed by atoms with Gasteiger partial charge in [-0.15, -0.1) is 0 Å². The highest BCUT2D eigenvalue weighted by Gasteiger charge is 2.09. The zero-order valence-corrected chi connectivity index (χ0v) is 15.0. The van der Waals surface area contributed by atoms with E-state index in [0.717, 1.165) is 22.4 Å². The van der Waals surface area contributed by atoms with Crippen LogP contribution in [0.3, 0.4) is 0 Å². The van der Waals surface area contributed by atoms with Gasteiger partial charge >= 0.3 is 0 Å². The number of nitrogens with one attached hydrogen (secondary N) is 1. The SMILES string of the molecule is Cc1ccc(C#N)c(Oc2cc(Cc3cc(C)c(=O)[nH]n3)ccc2C)c1. The Morgan fingerprint density at radius 3 is 2.58 bits per heavy atom. The Labute approximate surface area is 151 Å². The maximum absolute atomic E-state index is 11.4. The van der Waals surface area contributed by atoms with Crippen LogP contribution in [0.5, 0.6) is 11.5 Å². The van der Waals surface area contributed by atoms with Gasteiger partial charge in [0, 0.05) is 12.0 Å². The molecule has 3 aromatic rings. The van der Waals surface area contributed by atoms with Crippen LogP contribution in [0.4, 0.5) is 0 Å². The smallest absolute Gasteiger partial charge is 0.267 e. The summed E-state index contributed by atoms with van der Waals surface area (Å²) in [5.74, 6) is 1.25. The van der Waals surface area contributed by atoms with Crippen LogP contribution in [-0.4, -0.2) is 10.2 Å². The first-order valence-electron chi connectivity index (χ1n) is 8.29. The largest absolute Gasteiger partial charge is 0.456 e. The molecule has 0 radical (unpaired) electrons. The summed E-state index contributed by atoms with van der Waals surface area (Å²) in [5, 5.41) is 15.9. The lowest BCUT2D eigenvalue weighted by Crippen LogP contribution is -2.12.